The predicted octanol–water partition coefficient (Wildman–Crippen LogP) is 0.374. The van der Waals surface area contributed by atoms with Crippen molar-refractivity contribution in [3.8, 4) is 0 Å². The summed E-state index contributed by atoms with van der Waals surface area (Å²) in [5.74, 6) is -0.280. The van der Waals surface area contributed by atoms with Crippen LogP contribution in [-0.2, 0) is 21.4 Å². The van der Waals surface area contributed by atoms with Crippen LogP contribution in [0.3, 0.4) is 0 Å². The molecular formula is C20H25FN3O3S+. The SMILES string of the molecule is C[NH+](CC(=O)N1CCN(S(=O)(=O)c2ccccc2)CC1)Cc1ccc(F)cc1. The first-order valence-electron chi connectivity index (χ1n) is 9.25. The Morgan fingerprint density at radius 2 is 1.61 bits per heavy atom. The van der Waals surface area contributed by atoms with E-state index in [0.29, 0.717) is 39.3 Å². The number of nitrogens with zero attached hydrogens (tertiary/aromatic N) is 2. The zero-order chi connectivity index (χ0) is 20.1. The maximum absolute atomic E-state index is 13.0. The van der Waals surface area contributed by atoms with E-state index in [1.807, 2.05) is 7.05 Å². The van der Waals surface area contributed by atoms with Crippen molar-refractivity contribution in [1.29, 1.82) is 0 Å². The van der Waals surface area contributed by atoms with E-state index in [-0.39, 0.29) is 16.6 Å². The predicted molar refractivity (Wildman–Crippen MR) is 104 cm³/mol. The number of hydrogen-bond acceptors (Lipinski definition) is 3. The lowest BCUT2D eigenvalue weighted by molar-refractivity contribution is -0.885. The third-order valence-corrected chi connectivity index (χ3v) is 6.76. The van der Waals surface area contributed by atoms with E-state index in [1.165, 1.54) is 16.4 Å². The number of nitrogens with one attached hydrogen (secondary N) is 1. The second-order valence-electron chi connectivity index (χ2n) is 7.04. The van der Waals surface area contributed by atoms with Crippen molar-refractivity contribution in [3.63, 3.8) is 0 Å². The topological polar surface area (TPSA) is 62.1 Å². The van der Waals surface area contributed by atoms with Gasteiger partial charge < -0.3 is 9.80 Å². The molecule has 1 aliphatic rings. The molecule has 1 unspecified atom stereocenters. The Balaban J connectivity index is 1.51. The third-order valence-electron chi connectivity index (χ3n) is 4.84. The van der Waals surface area contributed by atoms with Crippen LogP contribution in [0.15, 0.2) is 59.5 Å². The molecule has 1 saturated heterocycles. The Labute approximate surface area is 165 Å². The van der Waals surface area contributed by atoms with E-state index >= 15 is 0 Å². The van der Waals surface area contributed by atoms with Crippen molar-refractivity contribution in [3.05, 3.63) is 66.0 Å². The fraction of sp³-hybridized carbons (Fsp3) is 0.350. The van der Waals surface area contributed by atoms with Crippen LogP contribution in [0.4, 0.5) is 4.39 Å². The highest BCUT2D eigenvalue weighted by atomic mass is 32.2. The fourth-order valence-corrected chi connectivity index (χ4v) is 4.75. The van der Waals surface area contributed by atoms with Crippen molar-refractivity contribution >= 4 is 15.9 Å². The van der Waals surface area contributed by atoms with Gasteiger partial charge in [-0.3, -0.25) is 4.79 Å². The Kier molecular flexibility index (Phi) is 6.43. The van der Waals surface area contributed by atoms with Crippen LogP contribution in [0.2, 0.25) is 0 Å². The van der Waals surface area contributed by atoms with Gasteiger partial charge >= 0.3 is 0 Å². The van der Waals surface area contributed by atoms with Gasteiger partial charge in [0, 0.05) is 31.7 Å². The van der Waals surface area contributed by atoms with Crippen molar-refractivity contribution in [2.75, 3.05) is 39.8 Å². The number of halogens is 1. The third kappa shape index (κ3) is 4.95. The zero-order valence-corrected chi connectivity index (χ0v) is 16.7. The van der Waals surface area contributed by atoms with Gasteiger partial charge in [-0.05, 0) is 24.3 Å². The van der Waals surface area contributed by atoms with E-state index in [1.54, 1.807) is 47.4 Å². The van der Waals surface area contributed by atoms with Gasteiger partial charge in [0.25, 0.3) is 5.91 Å². The summed E-state index contributed by atoms with van der Waals surface area (Å²) in [4.78, 5) is 15.5. The van der Waals surface area contributed by atoms with Crippen LogP contribution in [-0.4, -0.2) is 63.3 Å². The summed E-state index contributed by atoms with van der Waals surface area (Å²) in [5, 5.41) is 0. The molecule has 0 aromatic heterocycles. The number of benzene rings is 2. The van der Waals surface area contributed by atoms with Gasteiger partial charge in [-0.25, -0.2) is 12.8 Å². The number of likely N-dealkylation sites (N-methyl/N-ethyl adjacent to an activating group) is 1. The summed E-state index contributed by atoms with van der Waals surface area (Å²) in [5.41, 5.74) is 0.963. The summed E-state index contributed by atoms with van der Waals surface area (Å²) in [6.45, 7) is 2.28. The minimum atomic E-state index is -3.52. The van der Waals surface area contributed by atoms with Gasteiger partial charge in [0.2, 0.25) is 10.0 Å². The highest BCUT2D eigenvalue weighted by Gasteiger charge is 2.30. The second-order valence-corrected chi connectivity index (χ2v) is 8.97. The second kappa shape index (κ2) is 8.81. The molecule has 8 heteroatoms. The van der Waals surface area contributed by atoms with Crippen molar-refractivity contribution in [1.82, 2.24) is 9.21 Å². The van der Waals surface area contributed by atoms with E-state index in [4.69, 9.17) is 0 Å². The number of hydrogen-bond donors (Lipinski definition) is 1. The molecule has 1 aliphatic heterocycles. The van der Waals surface area contributed by atoms with E-state index in [9.17, 15) is 17.6 Å². The average Bonchev–Trinajstić information content (AvgIpc) is 2.70. The maximum atomic E-state index is 13.0. The largest absolute Gasteiger partial charge is 0.335 e. The highest BCUT2D eigenvalue weighted by molar-refractivity contribution is 7.89. The first-order chi connectivity index (χ1) is 13.4. The lowest BCUT2D eigenvalue weighted by atomic mass is 10.2. The van der Waals surface area contributed by atoms with Crippen LogP contribution in [0.25, 0.3) is 0 Å². The molecular weight excluding hydrogens is 381 g/mol. The smallest absolute Gasteiger partial charge is 0.277 e. The summed E-state index contributed by atoms with van der Waals surface area (Å²) >= 11 is 0. The summed E-state index contributed by atoms with van der Waals surface area (Å²) in [6, 6.07) is 14.6. The fourth-order valence-electron chi connectivity index (χ4n) is 3.30. The molecule has 0 radical (unpaired) electrons. The summed E-state index contributed by atoms with van der Waals surface area (Å²) < 4.78 is 39.7. The molecule has 1 N–H and O–H groups in total. The molecule has 0 spiro atoms. The molecule has 1 amide bonds. The molecule has 1 heterocycles. The molecule has 150 valence electrons. The van der Waals surface area contributed by atoms with Gasteiger partial charge in [-0.2, -0.15) is 4.31 Å². The summed E-state index contributed by atoms with van der Waals surface area (Å²) in [7, 11) is -1.60. The van der Waals surface area contributed by atoms with Crippen LogP contribution >= 0.6 is 0 Å². The first-order valence-corrected chi connectivity index (χ1v) is 10.7. The van der Waals surface area contributed by atoms with Crippen molar-refractivity contribution in [2.24, 2.45) is 0 Å². The maximum Gasteiger partial charge on any atom is 0.277 e. The number of amides is 1. The van der Waals surface area contributed by atoms with Crippen LogP contribution in [0.5, 0.6) is 0 Å². The minimum absolute atomic E-state index is 0.00336. The van der Waals surface area contributed by atoms with Gasteiger partial charge in [0.05, 0.1) is 11.9 Å². The van der Waals surface area contributed by atoms with Gasteiger partial charge in [0.1, 0.15) is 12.4 Å². The molecule has 2 aromatic carbocycles. The number of quaternary nitrogens is 1. The molecule has 2 aromatic rings. The molecule has 1 fully saturated rings. The number of carbonyl (C=O) groups excluding carboxylic acids is 1. The molecule has 3 rings (SSSR count). The van der Waals surface area contributed by atoms with Crippen LogP contribution in [0.1, 0.15) is 5.56 Å². The highest BCUT2D eigenvalue weighted by Crippen LogP contribution is 2.17. The molecule has 1 atom stereocenters. The minimum Gasteiger partial charge on any atom is -0.335 e. The Morgan fingerprint density at radius 1 is 1.00 bits per heavy atom. The summed E-state index contributed by atoms with van der Waals surface area (Å²) in [6.07, 6.45) is 0. The number of sulfonamides is 1. The van der Waals surface area contributed by atoms with E-state index in [0.717, 1.165) is 10.5 Å². The molecule has 0 bridgehead atoms. The van der Waals surface area contributed by atoms with E-state index in [2.05, 4.69) is 0 Å². The molecule has 28 heavy (non-hydrogen) atoms. The zero-order valence-electron chi connectivity index (χ0n) is 15.8. The van der Waals surface area contributed by atoms with Crippen molar-refractivity contribution in [2.45, 2.75) is 11.4 Å². The normalized spacial score (nSPS) is 16.7. The Morgan fingerprint density at radius 3 is 2.21 bits per heavy atom. The number of piperazine rings is 1. The number of carbonyl (C=O) groups is 1. The lowest BCUT2D eigenvalue weighted by Gasteiger charge is -2.34. The lowest BCUT2D eigenvalue weighted by Crippen LogP contribution is -3.09. The van der Waals surface area contributed by atoms with Crippen LogP contribution in [0, 0.1) is 5.82 Å². The van der Waals surface area contributed by atoms with Crippen molar-refractivity contribution < 1.29 is 22.5 Å². The molecule has 0 aliphatic carbocycles. The monoisotopic (exact) mass is 406 g/mol. The number of rotatable bonds is 6. The average molecular weight is 407 g/mol. The van der Waals surface area contributed by atoms with Gasteiger partial charge in [0.15, 0.2) is 6.54 Å². The molecule has 0 saturated carbocycles. The van der Waals surface area contributed by atoms with Crippen LogP contribution < -0.4 is 4.90 Å². The van der Waals surface area contributed by atoms with E-state index < -0.39 is 10.0 Å². The standard InChI is InChI=1S/C20H24FN3O3S/c1-22(15-17-7-9-18(21)10-8-17)16-20(25)23-11-13-24(14-12-23)28(26,27)19-5-3-2-4-6-19/h2-10H,11-16H2,1H3/p+1. The quantitative estimate of drug-likeness (QED) is 0.754. The Bertz CT molecular complexity index is 896. The van der Waals surface area contributed by atoms with Gasteiger partial charge in [-0.15, -0.1) is 0 Å². The Hall–Kier alpha value is -2.29. The molecule has 6 nitrogen and oxygen atoms in total. The first kappa shape index (κ1) is 20.4. The van der Waals surface area contributed by atoms with Gasteiger partial charge in [-0.1, -0.05) is 30.3 Å².